The van der Waals surface area contributed by atoms with E-state index in [9.17, 15) is 4.79 Å². The highest BCUT2D eigenvalue weighted by Gasteiger charge is 2.31. The average molecular weight is 302 g/mol. The first kappa shape index (κ1) is 14.8. The summed E-state index contributed by atoms with van der Waals surface area (Å²) in [6.07, 6.45) is 7.41. The monoisotopic (exact) mass is 302 g/mol. The molecule has 1 aliphatic heterocycles. The Kier molecular flexibility index (Phi) is 4.29. The quantitative estimate of drug-likeness (QED) is 0.858. The lowest BCUT2D eigenvalue weighted by Crippen LogP contribution is -2.51. The van der Waals surface area contributed by atoms with Gasteiger partial charge in [-0.15, -0.1) is 0 Å². The maximum Gasteiger partial charge on any atom is 0.227 e. The highest BCUT2D eigenvalue weighted by atomic mass is 16.3. The number of hydrogen-bond acceptors (Lipinski definition) is 4. The Bertz CT molecular complexity index is 620. The van der Waals surface area contributed by atoms with Crippen molar-refractivity contribution in [3.05, 3.63) is 42.4 Å². The first-order valence-corrected chi connectivity index (χ1v) is 7.69. The van der Waals surface area contributed by atoms with Gasteiger partial charge in [0.25, 0.3) is 0 Å². The molecule has 0 aromatic carbocycles. The number of likely N-dealkylation sites (N-methyl/N-ethyl adjacent to an activating group) is 1. The molecule has 0 N–H and O–H groups in total. The molecule has 1 amide bonds. The first-order chi connectivity index (χ1) is 10.7. The van der Waals surface area contributed by atoms with Crippen LogP contribution in [-0.2, 0) is 18.3 Å². The topological polar surface area (TPSA) is 54.5 Å². The Morgan fingerprint density at radius 3 is 2.95 bits per heavy atom. The van der Waals surface area contributed by atoms with Crippen LogP contribution in [0.15, 0.2) is 35.4 Å². The van der Waals surface area contributed by atoms with Crippen LogP contribution in [0, 0.1) is 0 Å². The average Bonchev–Trinajstić information content (AvgIpc) is 3.18. The molecular formula is C16H22N4O2. The fraction of sp³-hybridized carbons (Fsp3) is 0.500. The van der Waals surface area contributed by atoms with Crippen molar-refractivity contribution in [3.63, 3.8) is 0 Å². The van der Waals surface area contributed by atoms with Crippen molar-refractivity contribution in [2.24, 2.45) is 7.05 Å². The van der Waals surface area contributed by atoms with E-state index in [1.165, 1.54) is 0 Å². The summed E-state index contributed by atoms with van der Waals surface area (Å²) in [6, 6.07) is 2.00. The Labute approximate surface area is 130 Å². The van der Waals surface area contributed by atoms with Crippen LogP contribution in [0.5, 0.6) is 0 Å². The van der Waals surface area contributed by atoms with Gasteiger partial charge < -0.3 is 13.9 Å². The van der Waals surface area contributed by atoms with Crippen molar-refractivity contribution < 1.29 is 9.21 Å². The molecule has 118 valence electrons. The van der Waals surface area contributed by atoms with Crippen LogP contribution in [-0.4, -0.2) is 51.4 Å². The third kappa shape index (κ3) is 2.92. The van der Waals surface area contributed by atoms with Crippen LogP contribution in [0.4, 0.5) is 0 Å². The number of amides is 1. The van der Waals surface area contributed by atoms with Crippen LogP contribution < -0.4 is 0 Å². The number of carbonyl (C=O) groups is 1. The van der Waals surface area contributed by atoms with Gasteiger partial charge >= 0.3 is 0 Å². The molecular weight excluding hydrogens is 280 g/mol. The maximum atomic E-state index is 12.5. The molecule has 1 fully saturated rings. The fourth-order valence-corrected chi connectivity index (χ4v) is 3.05. The van der Waals surface area contributed by atoms with Crippen molar-refractivity contribution in [1.29, 1.82) is 0 Å². The molecule has 6 nitrogen and oxygen atoms in total. The van der Waals surface area contributed by atoms with Gasteiger partial charge in [0.15, 0.2) is 0 Å². The fourth-order valence-electron chi connectivity index (χ4n) is 3.05. The van der Waals surface area contributed by atoms with Crippen LogP contribution in [0.25, 0.3) is 0 Å². The van der Waals surface area contributed by atoms with Crippen LogP contribution >= 0.6 is 0 Å². The molecule has 0 bridgehead atoms. The molecule has 1 saturated heterocycles. The number of furan rings is 1. The number of hydrogen-bond donors (Lipinski definition) is 0. The van der Waals surface area contributed by atoms with E-state index in [0.29, 0.717) is 13.0 Å². The number of aromatic nitrogens is 2. The van der Waals surface area contributed by atoms with Gasteiger partial charge in [-0.2, -0.15) is 0 Å². The first-order valence-electron chi connectivity index (χ1n) is 7.69. The second kappa shape index (κ2) is 6.36. The molecule has 0 radical (unpaired) electrons. The molecule has 2 aromatic rings. The third-order valence-electron chi connectivity index (χ3n) is 4.34. The van der Waals surface area contributed by atoms with E-state index in [0.717, 1.165) is 31.0 Å². The summed E-state index contributed by atoms with van der Waals surface area (Å²) >= 11 is 0. The van der Waals surface area contributed by atoms with Crippen LogP contribution in [0.1, 0.15) is 24.4 Å². The summed E-state index contributed by atoms with van der Waals surface area (Å²) in [5, 5.41) is 0. The van der Waals surface area contributed by atoms with Gasteiger partial charge in [-0.05, 0) is 18.2 Å². The van der Waals surface area contributed by atoms with Crippen molar-refractivity contribution >= 4 is 5.91 Å². The standard InChI is InChI=1S/C16H22N4O2/c1-3-19-7-8-20(15(21)10-13-4-9-22-12-13)11-14(19)16-17-5-6-18(16)2/h4-6,9,12,14H,3,7-8,10-11H2,1-2H3/t14-/m1/s1. The lowest BCUT2D eigenvalue weighted by atomic mass is 10.1. The van der Waals surface area contributed by atoms with E-state index < -0.39 is 0 Å². The maximum absolute atomic E-state index is 12.5. The Morgan fingerprint density at radius 1 is 1.45 bits per heavy atom. The van der Waals surface area contributed by atoms with Gasteiger partial charge in [0.1, 0.15) is 5.82 Å². The van der Waals surface area contributed by atoms with Crippen LogP contribution in [0.3, 0.4) is 0 Å². The third-order valence-corrected chi connectivity index (χ3v) is 4.34. The molecule has 0 spiro atoms. The molecule has 0 unspecified atom stereocenters. The van der Waals surface area contributed by atoms with E-state index in [4.69, 9.17) is 4.42 Å². The van der Waals surface area contributed by atoms with Gasteiger partial charge in [-0.1, -0.05) is 6.92 Å². The molecule has 1 atom stereocenters. The largest absolute Gasteiger partial charge is 0.472 e. The number of rotatable bonds is 4. The van der Waals surface area contributed by atoms with E-state index >= 15 is 0 Å². The van der Waals surface area contributed by atoms with E-state index in [1.54, 1.807) is 12.5 Å². The number of aryl methyl sites for hydroxylation is 1. The van der Waals surface area contributed by atoms with Gasteiger partial charge in [0.05, 0.1) is 25.0 Å². The summed E-state index contributed by atoms with van der Waals surface area (Å²) in [6.45, 7) is 5.45. The predicted molar refractivity (Wildman–Crippen MR) is 82.2 cm³/mol. The smallest absolute Gasteiger partial charge is 0.227 e. The Hall–Kier alpha value is -2.08. The van der Waals surface area contributed by atoms with Crippen molar-refractivity contribution in [3.8, 4) is 0 Å². The molecule has 2 aromatic heterocycles. The summed E-state index contributed by atoms with van der Waals surface area (Å²) in [5.74, 6) is 1.17. The molecule has 6 heteroatoms. The molecule has 1 aliphatic rings. The number of imidazole rings is 1. The lowest BCUT2D eigenvalue weighted by Gasteiger charge is -2.40. The summed E-state index contributed by atoms with van der Waals surface area (Å²) in [4.78, 5) is 21.3. The number of carbonyl (C=O) groups excluding carboxylic acids is 1. The highest BCUT2D eigenvalue weighted by molar-refractivity contribution is 5.78. The summed E-state index contributed by atoms with van der Waals surface area (Å²) in [5.41, 5.74) is 0.927. The van der Waals surface area contributed by atoms with Crippen molar-refractivity contribution in [2.45, 2.75) is 19.4 Å². The normalized spacial score (nSPS) is 19.5. The minimum atomic E-state index is 0.149. The molecule has 0 saturated carbocycles. The molecule has 22 heavy (non-hydrogen) atoms. The Morgan fingerprint density at radius 2 is 2.32 bits per heavy atom. The minimum absolute atomic E-state index is 0.149. The molecule has 0 aliphatic carbocycles. The van der Waals surface area contributed by atoms with E-state index in [2.05, 4.69) is 16.8 Å². The van der Waals surface area contributed by atoms with E-state index in [1.807, 2.05) is 35.0 Å². The van der Waals surface area contributed by atoms with Crippen LogP contribution in [0.2, 0.25) is 0 Å². The molecule has 3 heterocycles. The number of piperazine rings is 1. The SMILES string of the molecule is CCN1CCN(C(=O)Cc2ccoc2)C[C@@H]1c1nccn1C. The summed E-state index contributed by atoms with van der Waals surface area (Å²) < 4.78 is 7.08. The minimum Gasteiger partial charge on any atom is -0.472 e. The second-order valence-corrected chi connectivity index (χ2v) is 5.69. The zero-order valence-electron chi connectivity index (χ0n) is 13.1. The molecule has 3 rings (SSSR count). The van der Waals surface area contributed by atoms with Gasteiger partial charge in [-0.25, -0.2) is 4.98 Å². The Balaban J connectivity index is 1.73. The second-order valence-electron chi connectivity index (χ2n) is 5.69. The van der Waals surface area contributed by atoms with Crippen molar-refractivity contribution in [1.82, 2.24) is 19.4 Å². The van der Waals surface area contributed by atoms with E-state index in [-0.39, 0.29) is 11.9 Å². The number of nitrogens with zero attached hydrogens (tertiary/aromatic N) is 4. The predicted octanol–water partition coefficient (Wildman–Crippen LogP) is 1.46. The van der Waals surface area contributed by atoms with Gasteiger partial charge in [0.2, 0.25) is 5.91 Å². The highest BCUT2D eigenvalue weighted by Crippen LogP contribution is 2.24. The van der Waals surface area contributed by atoms with Crippen molar-refractivity contribution in [2.75, 3.05) is 26.2 Å². The lowest BCUT2D eigenvalue weighted by molar-refractivity contribution is -0.133. The van der Waals surface area contributed by atoms with Gasteiger partial charge in [0, 0.05) is 39.1 Å². The zero-order valence-corrected chi connectivity index (χ0v) is 13.1. The zero-order chi connectivity index (χ0) is 15.5. The summed E-state index contributed by atoms with van der Waals surface area (Å²) in [7, 11) is 2.00. The van der Waals surface area contributed by atoms with Gasteiger partial charge in [-0.3, -0.25) is 9.69 Å².